The molecule has 1 unspecified atom stereocenters. The third-order valence-corrected chi connectivity index (χ3v) is 3.10. The van der Waals surface area contributed by atoms with Crippen molar-refractivity contribution in [3.8, 4) is 0 Å². The number of halogens is 3. The molecule has 2 heterocycles. The van der Waals surface area contributed by atoms with E-state index in [4.69, 9.17) is 9.84 Å². The second-order valence-corrected chi connectivity index (χ2v) is 5.50. The molecule has 1 aromatic heterocycles. The van der Waals surface area contributed by atoms with Gasteiger partial charge in [0, 0.05) is 12.7 Å². The van der Waals surface area contributed by atoms with Gasteiger partial charge in [0.1, 0.15) is 5.82 Å². The van der Waals surface area contributed by atoms with Gasteiger partial charge in [0.25, 0.3) is 0 Å². The Balaban J connectivity index is 2.30. The Morgan fingerprint density at radius 1 is 1.52 bits per heavy atom. The summed E-state index contributed by atoms with van der Waals surface area (Å²) in [6.45, 7) is 2.89. The molecule has 1 N–H and O–H groups in total. The van der Waals surface area contributed by atoms with Crippen LogP contribution < -0.4 is 4.90 Å². The van der Waals surface area contributed by atoms with Gasteiger partial charge >= 0.3 is 12.1 Å². The molecular weight excluding hydrogens is 289 g/mol. The lowest BCUT2D eigenvalue weighted by molar-refractivity contribution is -0.251. The minimum atomic E-state index is -4.49. The molecule has 0 aromatic carbocycles. The van der Waals surface area contributed by atoms with E-state index in [1.165, 1.54) is 23.2 Å². The standard InChI is InChI=1S/C13H15F3N2O3/c1-12(2)7-18(6-9(21-12)13(14,15)16)10-5-8(11(19)20)3-4-17-10/h3-5,9H,6-7H2,1-2H3,(H,19,20). The van der Waals surface area contributed by atoms with Crippen LogP contribution in [0.1, 0.15) is 24.2 Å². The molecule has 1 aliphatic rings. The summed E-state index contributed by atoms with van der Waals surface area (Å²) in [5, 5.41) is 8.94. The minimum Gasteiger partial charge on any atom is -0.478 e. The number of pyridine rings is 1. The molecule has 0 amide bonds. The van der Waals surface area contributed by atoms with Crippen molar-refractivity contribution in [2.75, 3.05) is 18.0 Å². The number of hydrogen-bond acceptors (Lipinski definition) is 4. The molecule has 21 heavy (non-hydrogen) atoms. The van der Waals surface area contributed by atoms with Crippen molar-refractivity contribution in [1.29, 1.82) is 0 Å². The van der Waals surface area contributed by atoms with Crippen LogP contribution in [-0.4, -0.2) is 47.0 Å². The summed E-state index contributed by atoms with van der Waals surface area (Å²) in [5.74, 6) is -0.959. The van der Waals surface area contributed by atoms with E-state index in [0.717, 1.165) is 0 Å². The number of rotatable bonds is 2. The van der Waals surface area contributed by atoms with Crippen molar-refractivity contribution in [2.24, 2.45) is 0 Å². The van der Waals surface area contributed by atoms with E-state index in [1.54, 1.807) is 13.8 Å². The molecule has 0 saturated carbocycles. The Hall–Kier alpha value is -1.83. The number of ether oxygens (including phenoxy) is 1. The number of anilines is 1. The summed E-state index contributed by atoms with van der Waals surface area (Å²) in [7, 11) is 0. The van der Waals surface area contributed by atoms with E-state index in [0.29, 0.717) is 0 Å². The Bertz CT molecular complexity index is 546. The highest BCUT2D eigenvalue weighted by Gasteiger charge is 2.48. The normalized spacial score (nSPS) is 22.1. The number of aromatic carboxylic acids is 1. The van der Waals surface area contributed by atoms with Gasteiger partial charge in [0.15, 0.2) is 6.10 Å². The molecule has 0 spiro atoms. The number of carboxylic acids is 1. The smallest absolute Gasteiger partial charge is 0.416 e. The van der Waals surface area contributed by atoms with Crippen molar-refractivity contribution in [3.63, 3.8) is 0 Å². The topological polar surface area (TPSA) is 62.7 Å². The zero-order valence-electron chi connectivity index (χ0n) is 11.5. The lowest BCUT2D eigenvalue weighted by Crippen LogP contribution is -2.57. The first-order chi connectivity index (χ1) is 9.58. The van der Waals surface area contributed by atoms with Crippen molar-refractivity contribution in [1.82, 2.24) is 4.98 Å². The highest BCUT2D eigenvalue weighted by Crippen LogP contribution is 2.33. The van der Waals surface area contributed by atoms with Gasteiger partial charge in [0.05, 0.1) is 17.7 Å². The summed E-state index contributed by atoms with van der Waals surface area (Å²) in [6.07, 6.45) is -5.15. The number of carbonyl (C=O) groups is 1. The average Bonchev–Trinajstić information content (AvgIpc) is 2.36. The van der Waals surface area contributed by atoms with Gasteiger partial charge < -0.3 is 14.7 Å². The maximum absolute atomic E-state index is 12.9. The van der Waals surface area contributed by atoms with E-state index in [2.05, 4.69) is 4.98 Å². The van der Waals surface area contributed by atoms with Crippen molar-refractivity contribution < 1.29 is 27.8 Å². The molecule has 1 aliphatic heterocycles. The van der Waals surface area contributed by atoms with Gasteiger partial charge in [-0.3, -0.25) is 0 Å². The first kappa shape index (κ1) is 15.6. The first-order valence-corrected chi connectivity index (χ1v) is 6.27. The number of alkyl halides is 3. The van der Waals surface area contributed by atoms with Crippen LogP contribution in [0.25, 0.3) is 0 Å². The Morgan fingerprint density at radius 2 is 2.19 bits per heavy atom. The first-order valence-electron chi connectivity index (χ1n) is 6.27. The number of morpholine rings is 1. The van der Waals surface area contributed by atoms with E-state index in [-0.39, 0.29) is 17.9 Å². The van der Waals surface area contributed by atoms with E-state index >= 15 is 0 Å². The lowest BCUT2D eigenvalue weighted by atomic mass is 10.0. The molecule has 1 atom stereocenters. The molecule has 0 radical (unpaired) electrons. The van der Waals surface area contributed by atoms with E-state index in [9.17, 15) is 18.0 Å². The second-order valence-electron chi connectivity index (χ2n) is 5.50. The number of carboxylic acid groups (broad SMARTS) is 1. The fourth-order valence-corrected chi connectivity index (χ4v) is 2.25. The molecule has 0 aliphatic carbocycles. The fourth-order valence-electron chi connectivity index (χ4n) is 2.25. The third kappa shape index (κ3) is 3.63. The zero-order valence-corrected chi connectivity index (χ0v) is 11.5. The van der Waals surface area contributed by atoms with Gasteiger partial charge in [-0.15, -0.1) is 0 Å². The summed E-state index contributed by atoms with van der Waals surface area (Å²) < 4.78 is 43.8. The van der Waals surface area contributed by atoms with Crippen LogP contribution >= 0.6 is 0 Å². The van der Waals surface area contributed by atoms with Crippen molar-refractivity contribution >= 4 is 11.8 Å². The minimum absolute atomic E-state index is 0.0205. The number of aromatic nitrogens is 1. The highest BCUT2D eigenvalue weighted by atomic mass is 19.4. The number of nitrogens with zero attached hydrogens (tertiary/aromatic N) is 2. The summed E-state index contributed by atoms with van der Waals surface area (Å²) in [5.41, 5.74) is -1.04. The molecular formula is C13H15F3N2O3. The van der Waals surface area contributed by atoms with Crippen LogP contribution in [-0.2, 0) is 4.74 Å². The largest absolute Gasteiger partial charge is 0.478 e. The highest BCUT2D eigenvalue weighted by molar-refractivity contribution is 5.88. The van der Waals surface area contributed by atoms with Crippen LogP contribution in [0.15, 0.2) is 18.3 Å². The zero-order chi connectivity index (χ0) is 15.8. The van der Waals surface area contributed by atoms with Gasteiger partial charge in [-0.05, 0) is 26.0 Å². The Kier molecular flexibility index (Phi) is 3.83. The summed E-state index contributed by atoms with van der Waals surface area (Å²) in [6, 6.07) is 2.55. The van der Waals surface area contributed by atoms with Gasteiger partial charge in [-0.1, -0.05) is 0 Å². The van der Waals surface area contributed by atoms with Crippen LogP contribution in [0, 0.1) is 0 Å². The van der Waals surface area contributed by atoms with Gasteiger partial charge in [-0.2, -0.15) is 13.2 Å². The second kappa shape index (κ2) is 5.18. The predicted octanol–water partition coefficient (Wildman–Crippen LogP) is 2.33. The molecule has 5 nitrogen and oxygen atoms in total. The molecule has 1 aromatic rings. The quantitative estimate of drug-likeness (QED) is 0.908. The predicted molar refractivity (Wildman–Crippen MR) is 68.4 cm³/mol. The molecule has 1 fully saturated rings. The number of hydrogen-bond donors (Lipinski definition) is 1. The van der Waals surface area contributed by atoms with Crippen LogP contribution in [0.4, 0.5) is 19.0 Å². The Labute approximate surface area is 119 Å². The van der Waals surface area contributed by atoms with E-state index in [1.807, 2.05) is 0 Å². The van der Waals surface area contributed by atoms with Crippen LogP contribution in [0.5, 0.6) is 0 Å². The Morgan fingerprint density at radius 3 is 2.76 bits per heavy atom. The van der Waals surface area contributed by atoms with Crippen molar-refractivity contribution in [2.45, 2.75) is 31.7 Å². The monoisotopic (exact) mass is 304 g/mol. The molecule has 1 saturated heterocycles. The lowest BCUT2D eigenvalue weighted by Gasteiger charge is -2.43. The molecule has 116 valence electrons. The average molecular weight is 304 g/mol. The van der Waals surface area contributed by atoms with Crippen molar-refractivity contribution in [3.05, 3.63) is 23.9 Å². The fraction of sp³-hybridized carbons (Fsp3) is 0.538. The maximum Gasteiger partial charge on any atom is 0.416 e. The SMILES string of the molecule is CC1(C)CN(c2cc(C(=O)O)ccn2)CC(C(F)(F)F)O1. The van der Waals surface area contributed by atoms with Crippen LogP contribution in [0.2, 0.25) is 0 Å². The molecule has 8 heteroatoms. The molecule has 2 rings (SSSR count). The summed E-state index contributed by atoms with van der Waals surface area (Å²) in [4.78, 5) is 16.3. The van der Waals surface area contributed by atoms with Gasteiger partial charge in [0.2, 0.25) is 0 Å². The molecule has 0 bridgehead atoms. The van der Waals surface area contributed by atoms with Gasteiger partial charge in [-0.25, -0.2) is 9.78 Å². The maximum atomic E-state index is 12.9. The van der Waals surface area contributed by atoms with Crippen LogP contribution in [0.3, 0.4) is 0 Å². The summed E-state index contributed by atoms with van der Waals surface area (Å²) >= 11 is 0. The third-order valence-electron chi connectivity index (χ3n) is 3.10. The van der Waals surface area contributed by atoms with E-state index < -0.39 is 30.4 Å².